The molecule has 0 saturated carbocycles. The summed E-state index contributed by atoms with van der Waals surface area (Å²) in [7, 11) is 1.33. The van der Waals surface area contributed by atoms with Crippen LogP contribution < -0.4 is 5.43 Å². The van der Waals surface area contributed by atoms with E-state index in [9.17, 15) is 15.0 Å². The molecule has 0 aliphatic rings. The van der Waals surface area contributed by atoms with Crippen molar-refractivity contribution < 1.29 is 29.5 Å². The summed E-state index contributed by atoms with van der Waals surface area (Å²) in [4.78, 5) is 20.4. The molecule has 2 aromatic carbocycles. The summed E-state index contributed by atoms with van der Waals surface area (Å²) >= 11 is 0. The molecule has 138 valence electrons. The number of hydrogen-bond acceptors (Lipinski definition) is 7. The van der Waals surface area contributed by atoms with Crippen molar-refractivity contribution >= 4 is 11.0 Å². The monoisotopic (exact) mass is 360 g/mol. The Kier molecular flexibility index (Phi) is 6.74. The fourth-order valence-electron chi connectivity index (χ4n) is 2.38. The molecular weight excluding hydrogens is 340 g/mol. The van der Waals surface area contributed by atoms with Crippen LogP contribution in [0.5, 0.6) is 11.5 Å². The lowest BCUT2D eigenvalue weighted by molar-refractivity contribution is -0.309. The molecule has 0 aliphatic heterocycles. The van der Waals surface area contributed by atoms with Crippen LogP contribution in [-0.4, -0.2) is 29.2 Å². The predicted octanol–water partition coefficient (Wildman–Crippen LogP) is 2.95. The summed E-state index contributed by atoms with van der Waals surface area (Å²) in [5.74, 6) is 0.0538. The van der Waals surface area contributed by atoms with Crippen molar-refractivity contribution in [1.82, 2.24) is 0 Å². The van der Waals surface area contributed by atoms with Crippen LogP contribution in [0.1, 0.15) is 12.5 Å². The van der Waals surface area contributed by atoms with E-state index in [1.54, 1.807) is 24.3 Å². The molecule has 0 fully saturated rings. The lowest BCUT2D eigenvalue weighted by Crippen LogP contribution is -2.05. The molecule has 7 heteroatoms. The highest BCUT2D eigenvalue weighted by molar-refractivity contribution is 5.87. The van der Waals surface area contributed by atoms with E-state index in [4.69, 9.17) is 9.52 Å². The molecule has 0 bridgehead atoms. The van der Waals surface area contributed by atoms with Gasteiger partial charge in [-0.25, -0.2) is 9.78 Å². The average Bonchev–Trinajstić information content (AvgIpc) is 2.63. The van der Waals surface area contributed by atoms with Crippen molar-refractivity contribution in [1.29, 1.82) is 0 Å². The first-order valence-electron chi connectivity index (χ1n) is 7.85. The van der Waals surface area contributed by atoms with E-state index >= 15 is 0 Å². The third-order valence-electron chi connectivity index (χ3n) is 3.67. The summed E-state index contributed by atoms with van der Waals surface area (Å²) < 4.78 is 5.51. The minimum atomic E-state index is -0.378. The number of phenolic OH excluding ortho intramolecular Hbond substituents is 2. The number of hydrogen-bond donors (Lipinski definition) is 3. The molecule has 0 atom stereocenters. The van der Waals surface area contributed by atoms with Gasteiger partial charge < -0.3 is 19.7 Å². The maximum atomic E-state index is 12.6. The van der Waals surface area contributed by atoms with E-state index in [2.05, 4.69) is 9.78 Å². The summed E-state index contributed by atoms with van der Waals surface area (Å²) in [6, 6.07) is 9.60. The first-order chi connectivity index (χ1) is 12.5. The van der Waals surface area contributed by atoms with E-state index in [0.717, 1.165) is 12.0 Å². The second-order valence-electron chi connectivity index (χ2n) is 5.28. The number of aryl methyl sites for hydroxylation is 1. The van der Waals surface area contributed by atoms with E-state index in [1.165, 1.54) is 25.5 Å². The summed E-state index contributed by atoms with van der Waals surface area (Å²) in [5.41, 5.74) is 1.96. The van der Waals surface area contributed by atoms with Crippen LogP contribution in [0.2, 0.25) is 0 Å². The number of fused-ring (bicyclic) bond motifs is 1. The Morgan fingerprint density at radius 2 is 1.81 bits per heavy atom. The summed E-state index contributed by atoms with van der Waals surface area (Å²) in [6.45, 7) is 1.58. The van der Waals surface area contributed by atoms with Crippen molar-refractivity contribution in [2.45, 2.75) is 13.3 Å². The zero-order valence-corrected chi connectivity index (χ0v) is 14.4. The second kappa shape index (κ2) is 9.00. The molecule has 26 heavy (non-hydrogen) atoms. The largest absolute Gasteiger partial charge is 0.508 e. The molecule has 3 N–H and O–H groups in total. The fourth-order valence-corrected chi connectivity index (χ4v) is 2.38. The Balaban J connectivity index is 0.000000431. The van der Waals surface area contributed by atoms with Crippen molar-refractivity contribution in [3.8, 4) is 22.6 Å². The SMILES string of the molecule is CCc1cc(O)c2c(=O)c(-c3ccc(O)cc3)coc2c1.COOCO. The van der Waals surface area contributed by atoms with E-state index in [-0.39, 0.29) is 29.1 Å². The van der Waals surface area contributed by atoms with E-state index in [1.807, 2.05) is 6.92 Å². The van der Waals surface area contributed by atoms with Crippen molar-refractivity contribution in [3.63, 3.8) is 0 Å². The smallest absolute Gasteiger partial charge is 0.204 e. The van der Waals surface area contributed by atoms with E-state index in [0.29, 0.717) is 16.7 Å². The molecule has 0 spiro atoms. The highest BCUT2D eigenvalue weighted by atomic mass is 17.2. The van der Waals surface area contributed by atoms with Crippen LogP contribution >= 0.6 is 0 Å². The van der Waals surface area contributed by atoms with Crippen LogP contribution in [0.4, 0.5) is 0 Å². The van der Waals surface area contributed by atoms with Gasteiger partial charge in [-0.2, -0.15) is 0 Å². The molecular formula is C19H20O7. The van der Waals surface area contributed by atoms with Crippen molar-refractivity contribution in [2.75, 3.05) is 13.9 Å². The minimum absolute atomic E-state index is 0.0706. The summed E-state index contributed by atoms with van der Waals surface area (Å²) in [6.07, 6.45) is 2.13. The molecule has 7 nitrogen and oxygen atoms in total. The van der Waals surface area contributed by atoms with Gasteiger partial charge in [0.05, 0.1) is 12.7 Å². The van der Waals surface area contributed by atoms with Gasteiger partial charge in [0.15, 0.2) is 6.79 Å². The highest BCUT2D eigenvalue weighted by Gasteiger charge is 2.13. The van der Waals surface area contributed by atoms with Gasteiger partial charge in [0, 0.05) is 0 Å². The standard InChI is InChI=1S/C17H14O4.C2H6O3/c1-2-10-7-14(19)16-15(8-10)21-9-13(17(16)20)11-3-5-12(18)6-4-11;1-4-5-2-3/h3-9,18-19H,2H2,1H3;3H,2H2,1H3. The van der Waals surface area contributed by atoms with Gasteiger partial charge in [-0.3, -0.25) is 4.79 Å². The van der Waals surface area contributed by atoms with Crippen LogP contribution in [0, 0.1) is 0 Å². The fraction of sp³-hybridized carbons (Fsp3) is 0.211. The number of aliphatic hydroxyl groups is 1. The molecule has 3 aromatic rings. The zero-order valence-electron chi connectivity index (χ0n) is 14.4. The number of aromatic hydroxyl groups is 2. The van der Waals surface area contributed by atoms with Crippen LogP contribution in [-0.2, 0) is 16.2 Å². The zero-order chi connectivity index (χ0) is 19.1. The topological polar surface area (TPSA) is 109 Å². The van der Waals surface area contributed by atoms with Crippen LogP contribution in [0.3, 0.4) is 0 Å². The van der Waals surface area contributed by atoms with Gasteiger partial charge in [0.1, 0.15) is 28.7 Å². The maximum absolute atomic E-state index is 12.6. The Morgan fingerprint density at radius 1 is 1.12 bits per heavy atom. The Bertz CT molecular complexity index is 912. The molecule has 0 amide bonds. The van der Waals surface area contributed by atoms with Gasteiger partial charge in [0.25, 0.3) is 0 Å². The van der Waals surface area contributed by atoms with Gasteiger partial charge in [-0.1, -0.05) is 19.1 Å². The predicted molar refractivity (Wildman–Crippen MR) is 95.8 cm³/mol. The molecule has 0 saturated heterocycles. The molecule has 3 rings (SSSR count). The molecule has 1 heterocycles. The third kappa shape index (κ3) is 4.40. The lowest BCUT2D eigenvalue weighted by Gasteiger charge is -2.06. The van der Waals surface area contributed by atoms with Gasteiger partial charge in [-0.15, -0.1) is 0 Å². The number of benzene rings is 2. The number of phenols is 2. The minimum Gasteiger partial charge on any atom is -0.508 e. The lowest BCUT2D eigenvalue weighted by atomic mass is 10.0. The summed E-state index contributed by atoms with van der Waals surface area (Å²) in [5, 5.41) is 27.3. The highest BCUT2D eigenvalue weighted by Crippen LogP contribution is 2.27. The first-order valence-corrected chi connectivity index (χ1v) is 7.85. The molecule has 0 aliphatic carbocycles. The third-order valence-corrected chi connectivity index (χ3v) is 3.67. The van der Waals surface area contributed by atoms with Gasteiger partial charge >= 0.3 is 0 Å². The average molecular weight is 360 g/mol. The molecule has 0 radical (unpaired) electrons. The van der Waals surface area contributed by atoms with E-state index < -0.39 is 0 Å². The first kappa shape index (κ1) is 19.5. The van der Waals surface area contributed by atoms with Crippen LogP contribution in [0.15, 0.2) is 51.9 Å². The van der Waals surface area contributed by atoms with Gasteiger partial charge in [-0.05, 0) is 41.8 Å². The quantitative estimate of drug-likeness (QED) is 0.373. The van der Waals surface area contributed by atoms with Gasteiger partial charge in [0.2, 0.25) is 5.43 Å². The molecule has 1 aromatic heterocycles. The van der Waals surface area contributed by atoms with Crippen molar-refractivity contribution in [3.05, 3.63) is 58.4 Å². The van der Waals surface area contributed by atoms with Crippen LogP contribution in [0.25, 0.3) is 22.1 Å². The molecule has 0 unspecified atom stereocenters. The normalized spacial score (nSPS) is 10.4. The maximum Gasteiger partial charge on any atom is 0.204 e. The Morgan fingerprint density at radius 3 is 2.35 bits per heavy atom. The Hall–Kier alpha value is -2.87. The number of aliphatic hydroxyl groups excluding tert-OH is 1. The van der Waals surface area contributed by atoms with Crippen molar-refractivity contribution in [2.24, 2.45) is 0 Å². The second-order valence-corrected chi connectivity index (χ2v) is 5.28. The number of rotatable bonds is 4. The Labute approximate surface area is 149 Å².